The Morgan fingerprint density at radius 1 is 1.22 bits per heavy atom. The molecule has 5 heteroatoms. The van der Waals surface area contributed by atoms with E-state index >= 15 is 0 Å². The van der Waals surface area contributed by atoms with E-state index in [1.165, 1.54) is 0 Å². The van der Waals surface area contributed by atoms with Gasteiger partial charge in [0.1, 0.15) is 11.5 Å². The van der Waals surface area contributed by atoms with Crippen molar-refractivity contribution in [2.45, 2.75) is 25.9 Å². The molecule has 0 saturated carbocycles. The molecule has 0 spiro atoms. The van der Waals surface area contributed by atoms with Gasteiger partial charge >= 0.3 is 0 Å². The highest BCUT2D eigenvalue weighted by atomic mass is 35.5. The number of benzene rings is 1. The molecule has 1 aromatic carbocycles. The van der Waals surface area contributed by atoms with E-state index in [1.54, 1.807) is 40.2 Å². The van der Waals surface area contributed by atoms with Crippen LogP contribution in [0.5, 0.6) is 11.5 Å². The molecule has 0 fully saturated rings. The fourth-order valence-corrected chi connectivity index (χ4v) is 1.74. The average molecular weight is 274 g/mol. The summed E-state index contributed by atoms with van der Waals surface area (Å²) in [4.78, 5) is 0. The maximum absolute atomic E-state index is 9.64. The minimum Gasteiger partial charge on any atom is -0.495 e. The number of aliphatic hydroxyl groups is 1. The van der Waals surface area contributed by atoms with Crippen LogP contribution in [0.15, 0.2) is 12.1 Å². The second-order valence-electron chi connectivity index (χ2n) is 4.68. The number of hydrogen-bond donors (Lipinski definition) is 2. The molecule has 0 radical (unpaired) electrons. The van der Waals surface area contributed by atoms with E-state index in [1.807, 2.05) is 0 Å². The highest BCUT2D eigenvalue weighted by molar-refractivity contribution is 6.32. The van der Waals surface area contributed by atoms with Crippen LogP contribution in [0, 0.1) is 0 Å². The summed E-state index contributed by atoms with van der Waals surface area (Å²) in [5.74, 6) is 1.23. The van der Waals surface area contributed by atoms with Crippen LogP contribution in [0.1, 0.15) is 20.3 Å². The molecular weight excluding hydrogens is 254 g/mol. The van der Waals surface area contributed by atoms with E-state index in [0.29, 0.717) is 29.5 Å². The molecule has 0 aromatic heterocycles. The zero-order valence-corrected chi connectivity index (χ0v) is 12.0. The van der Waals surface area contributed by atoms with Crippen molar-refractivity contribution in [3.63, 3.8) is 0 Å². The van der Waals surface area contributed by atoms with E-state index in [2.05, 4.69) is 5.32 Å². The summed E-state index contributed by atoms with van der Waals surface area (Å²) in [5.41, 5.74) is 0.0869. The Hall–Kier alpha value is -1.13. The minimum atomic E-state index is -0.698. The third-order valence-electron chi connectivity index (χ3n) is 2.53. The first kappa shape index (κ1) is 14.9. The second-order valence-corrected chi connectivity index (χ2v) is 5.08. The van der Waals surface area contributed by atoms with Crippen molar-refractivity contribution in [3.8, 4) is 11.5 Å². The topological polar surface area (TPSA) is 50.7 Å². The van der Waals surface area contributed by atoms with Gasteiger partial charge in [0.2, 0.25) is 0 Å². The van der Waals surface area contributed by atoms with Crippen LogP contribution < -0.4 is 14.8 Å². The monoisotopic (exact) mass is 273 g/mol. The van der Waals surface area contributed by atoms with Gasteiger partial charge in [-0.1, -0.05) is 11.6 Å². The number of hydrogen-bond acceptors (Lipinski definition) is 4. The van der Waals surface area contributed by atoms with Crippen LogP contribution in [0.25, 0.3) is 0 Å². The normalized spacial score (nSPS) is 11.2. The van der Waals surface area contributed by atoms with Gasteiger partial charge in [0.15, 0.2) is 0 Å². The first-order chi connectivity index (χ1) is 8.37. The molecule has 0 bridgehead atoms. The molecule has 102 valence electrons. The first-order valence-electron chi connectivity index (χ1n) is 5.75. The largest absolute Gasteiger partial charge is 0.495 e. The van der Waals surface area contributed by atoms with Gasteiger partial charge in [-0.15, -0.1) is 0 Å². The number of rotatable bonds is 6. The summed E-state index contributed by atoms with van der Waals surface area (Å²) < 4.78 is 10.4. The Morgan fingerprint density at radius 3 is 2.33 bits per heavy atom. The van der Waals surface area contributed by atoms with Crippen LogP contribution in [-0.4, -0.2) is 31.5 Å². The molecule has 0 unspecified atom stereocenters. The van der Waals surface area contributed by atoms with Gasteiger partial charge in [-0.2, -0.15) is 0 Å². The summed E-state index contributed by atoms with van der Waals surface area (Å²) in [6.07, 6.45) is 0.625. The summed E-state index contributed by atoms with van der Waals surface area (Å²) >= 11 is 6.06. The predicted octanol–water partition coefficient (Wildman–Crippen LogP) is 2.93. The molecule has 0 atom stereocenters. The average Bonchev–Trinajstić information content (AvgIpc) is 2.27. The number of halogens is 1. The van der Waals surface area contributed by atoms with Gasteiger partial charge in [0.25, 0.3) is 0 Å². The summed E-state index contributed by atoms with van der Waals surface area (Å²) in [6, 6.07) is 3.48. The maximum atomic E-state index is 9.64. The van der Waals surface area contributed by atoms with Gasteiger partial charge in [0, 0.05) is 12.6 Å². The lowest BCUT2D eigenvalue weighted by molar-refractivity contribution is 0.0748. The second kappa shape index (κ2) is 6.16. The van der Waals surface area contributed by atoms with E-state index in [9.17, 15) is 5.11 Å². The summed E-state index contributed by atoms with van der Waals surface area (Å²) in [6.45, 7) is 4.17. The molecule has 0 aliphatic rings. The fraction of sp³-hybridized carbons (Fsp3) is 0.538. The zero-order chi connectivity index (χ0) is 13.8. The number of anilines is 1. The minimum absolute atomic E-state index is 0.518. The maximum Gasteiger partial charge on any atom is 0.145 e. The molecule has 0 heterocycles. The van der Waals surface area contributed by atoms with E-state index < -0.39 is 5.60 Å². The van der Waals surface area contributed by atoms with E-state index in [4.69, 9.17) is 21.1 Å². The molecule has 0 aliphatic carbocycles. The molecular formula is C13H20ClNO3. The Morgan fingerprint density at radius 2 is 1.83 bits per heavy atom. The van der Waals surface area contributed by atoms with Gasteiger partial charge in [-0.05, 0) is 26.3 Å². The summed E-state index contributed by atoms with van der Waals surface area (Å²) in [7, 11) is 3.14. The lowest BCUT2D eigenvalue weighted by Crippen LogP contribution is -2.22. The Bertz CT molecular complexity index is 402. The van der Waals surface area contributed by atoms with Gasteiger partial charge in [-0.25, -0.2) is 0 Å². The van der Waals surface area contributed by atoms with Crippen LogP contribution in [0.3, 0.4) is 0 Å². The van der Waals surface area contributed by atoms with Crippen molar-refractivity contribution < 1.29 is 14.6 Å². The van der Waals surface area contributed by atoms with Crippen molar-refractivity contribution in [2.24, 2.45) is 0 Å². The first-order valence-corrected chi connectivity index (χ1v) is 6.13. The van der Waals surface area contributed by atoms with Crippen LogP contribution >= 0.6 is 11.6 Å². The molecule has 4 nitrogen and oxygen atoms in total. The SMILES string of the molecule is COc1cc(OC)c(NCCC(C)(C)O)cc1Cl. The van der Waals surface area contributed by atoms with Crippen molar-refractivity contribution in [1.82, 2.24) is 0 Å². The Labute approximate surface area is 113 Å². The predicted molar refractivity (Wildman–Crippen MR) is 74.0 cm³/mol. The third-order valence-corrected chi connectivity index (χ3v) is 2.82. The van der Waals surface area contributed by atoms with Crippen molar-refractivity contribution in [1.29, 1.82) is 0 Å². The van der Waals surface area contributed by atoms with E-state index in [-0.39, 0.29) is 0 Å². The molecule has 1 aromatic rings. The molecule has 0 amide bonds. The molecule has 1 rings (SSSR count). The van der Waals surface area contributed by atoms with Gasteiger partial charge in [-0.3, -0.25) is 0 Å². The fourth-order valence-electron chi connectivity index (χ4n) is 1.50. The van der Waals surface area contributed by atoms with Crippen LogP contribution in [0.4, 0.5) is 5.69 Å². The Kier molecular flexibility index (Phi) is 5.11. The van der Waals surface area contributed by atoms with Crippen molar-refractivity contribution in [3.05, 3.63) is 17.2 Å². The lowest BCUT2D eigenvalue weighted by atomic mass is 10.1. The smallest absolute Gasteiger partial charge is 0.145 e. The molecule has 2 N–H and O–H groups in total. The lowest BCUT2D eigenvalue weighted by Gasteiger charge is -2.19. The zero-order valence-electron chi connectivity index (χ0n) is 11.2. The van der Waals surface area contributed by atoms with Crippen LogP contribution in [0.2, 0.25) is 5.02 Å². The number of ether oxygens (including phenoxy) is 2. The standard InChI is InChI=1S/C13H20ClNO3/c1-13(2,16)5-6-15-10-7-9(14)11(17-3)8-12(10)18-4/h7-8,15-16H,5-6H2,1-4H3. The molecule has 0 saturated heterocycles. The highest BCUT2D eigenvalue weighted by Gasteiger charge is 2.13. The van der Waals surface area contributed by atoms with Gasteiger partial charge < -0.3 is 19.9 Å². The quantitative estimate of drug-likeness (QED) is 0.837. The van der Waals surface area contributed by atoms with E-state index in [0.717, 1.165) is 5.69 Å². The summed E-state index contributed by atoms with van der Waals surface area (Å²) in [5, 5.41) is 13.3. The molecule has 0 aliphatic heterocycles. The number of methoxy groups -OCH3 is 2. The highest BCUT2D eigenvalue weighted by Crippen LogP contribution is 2.35. The van der Waals surface area contributed by atoms with Crippen molar-refractivity contribution in [2.75, 3.05) is 26.1 Å². The molecule has 18 heavy (non-hydrogen) atoms. The van der Waals surface area contributed by atoms with Gasteiger partial charge in [0.05, 0.1) is 30.5 Å². The van der Waals surface area contributed by atoms with Crippen LogP contribution in [-0.2, 0) is 0 Å². The Balaban J connectivity index is 2.79. The number of nitrogens with one attached hydrogen (secondary N) is 1. The third kappa shape index (κ3) is 4.27. The van der Waals surface area contributed by atoms with Crippen molar-refractivity contribution >= 4 is 17.3 Å².